The van der Waals surface area contributed by atoms with Crippen molar-refractivity contribution in [3.63, 3.8) is 0 Å². The number of carbonyl (C=O) groups is 1. The molecule has 2 aromatic heterocycles. The molecule has 0 aliphatic carbocycles. The Morgan fingerprint density at radius 1 is 1.27 bits per heavy atom. The van der Waals surface area contributed by atoms with Crippen molar-refractivity contribution in [3.05, 3.63) is 47.7 Å². The summed E-state index contributed by atoms with van der Waals surface area (Å²) in [5, 5.41) is 3.33. The third kappa shape index (κ3) is 3.46. The zero-order valence-corrected chi connectivity index (χ0v) is 13.1. The van der Waals surface area contributed by atoms with E-state index in [2.05, 4.69) is 21.4 Å². The first kappa shape index (κ1) is 14.6. The molecule has 1 N–H and O–H groups in total. The molecule has 3 rings (SSSR count). The van der Waals surface area contributed by atoms with Gasteiger partial charge in [-0.05, 0) is 49.2 Å². The second-order valence-electron chi connectivity index (χ2n) is 5.02. The van der Waals surface area contributed by atoms with E-state index in [1.807, 2.05) is 26.0 Å². The lowest BCUT2D eigenvalue weighted by atomic mass is 10.1. The third-order valence-electron chi connectivity index (χ3n) is 2.98. The van der Waals surface area contributed by atoms with E-state index >= 15 is 0 Å². The number of pyridine rings is 1. The SMILES string of the molecule is Cc1cc(C)cc(NC(=O)CSc2nc3ncccc3o2)c1. The van der Waals surface area contributed by atoms with Crippen LogP contribution in [0, 0.1) is 13.8 Å². The molecule has 0 bridgehead atoms. The van der Waals surface area contributed by atoms with E-state index in [0.29, 0.717) is 16.5 Å². The van der Waals surface area contributed by atoms with Crippen LogP contribution in [-0.4, -0.2) is 21.6 Å². The van der Waals surface area contributed by atoms with E-state index in [4.69, 9.17) is 4.42 Å². The summed E-state index contributed by atoms with van der Waals surface area (Å²) in [4.78, 5) is 20.3. The van der Waals surface area contributed by atoms with Crippen LogP contribution in [-0.2, 0) is 4.79 Å². The van der Waals surface area contributed by atoms with Crippen molar-refractivity contribution in [1.82, 2.24) is 9.97 Å². The highest BCUT2D eigenvalue weighted by Gasteiger charge is 2.10. The Morgan fingerprint density at radius 2 is 2.05 bits per heavy atom. The predicted molar refractivity (Wildman–Crippen MR) is 87.1 cm³/mol. The number of oxazole rings is 1. The van der Waals surface area contributed by atoms with Crippen LogP contribution in [0.2, 0.25) is 0 Å². The Balaban J connectivity index is 1.62. The number of aryl methyl sites for hydroxylation is 2. The Kier molecular flexibility index (Phi) is 4.11. The quantitative estimate of drug-likeness (QED) is 0.746. The van der Waals surface area contributed by atoms with Crippen LogP contribution in [0.25, 0.3) is 11.2 Å². The largest absolute Gasteiger partial charge is 0.430 e. The topological polar surface area (TPSA) is 68.0 Å². The molecular formula is C16H15N3O2S. The second kappa shape index (κ2) is 6.19. The average Bonchev–Trinajstić information content (AvgIpc) is 2.87. The number of carbonyl (C=O) groups excluding carboxylic acids is 1. The van der Waals surface area contributed by atoms with Crippen molar-refractivity contribution in [2.75, 3.05) is 11.1 Å². The van der Waals surface area contributed by atoms with Gasteiger partial charge in [0.15, 0.2) is 11.2 Å². The van der Waals surface area contributed by atoms with E-state index in [-0.39, 0.29) is 11.7 Å². The maximum atomic E-state index is 12.0. The Bertz CT molecular complexity index is 776. The molecule has 0 atom stereocenters. The van der Waals surface area contributed by atoms with Crippen LogP contribution >= 0.6 is 11.8 Å². The van der Waals surface area contributed by atoms with Gasteiger partial charge in [0.1, 0.15) is 0 Å². The fourth-order valence-electron chi connectivity index (χ4n) is 2.18. The molecule has 0 saturated heterocycles. The predicted octanol–water partition coefficient (Wildman–Crippen LogP) is 3.57. The van der Waals surface area contributed by atoms with Crippen LogP contribution in [0.1, 0.15) is 11.1 Å². The summed E-state index contributed by atoms with van der Waals surface area (Å²) in [6.07, 6.45) is 1.66. The highest BCUT2D eigenvalue weighted by atomic mass is 32.2. The molecule has 2 heterocycles. The molecule has 0 aliphatic heterocycles. The van der Waals surface area contributed by atoms with E-state index in [1.54, 1.807) is 18.3 Å². The van der Waals surface area contributed by atoms with Gasteiger partial charge in [0, 0.05) is 11.9 Å². The van der Waals surface area contributed by atoms with Crippen LogP contribution in [0.15, 0.2) is 46.2 Å². The highest BCUT2D eigenvalue weighted by Crippen LogP contribution is 2.22. The van der Waals surface area contributed by atoms with Crippen molar-refractivity contribution < 1.29 is 9.21 Å². The third-order valence-corrected chi connectivity index (χ3v) is 3.81. The molecule has 0 fully saturated rings. The Morgan fingerprint density at radius 3 is 2.77 bits per heavy atom. The molecule has 3 aromatic rings. The summed E-state index contributed by atoms with van der Waals surface area (Å²) in [5.74, 6) is 0.144. The number of rotatable bonds is 4. The zero-order valence-electron chi connectivity index (χ0n) is 12.3. The lowest BCUT2D eigenvalue weighted by Crippen LogP contribution is -2.14. The van der Waals surface area contributed by atoms with Crippen LogP contribution in [0.4, 0.5) is 5.69 Å². The van der Waals surface area contributed by atoms with Gasteiger partial charge in [-0.25, -0.2) is 4.98 Å². The standard InChI is InChI=1S/C16H15N3O2S/c1-10-6-11(2)8-12(7-10)18-14(20)9-22-16-19-15-13(21-16)4-3-5-17-15/h3-8H,9H2,1-2H3,(H,18,20). The van der Waals surface area contributed by atoms with E-state index < -0.39 is 0 Å². The molecular weight excluding hydrogens is 298 g/mol. The number of amides is 1. The summed E-state index contributed by atoms with van der Waals surface area (Å²) in [6.45, 7) is 4.01. The monoisotopic (exact) mass is 313 g/mol. The minimum Gasteiger partial charge on any atom is -0.430 e. The van der Waals surface area contributed by atoms with Gasteiger partial charge in [0.25, 0.3) is 5.22 Å². The fourth-order valence-corrected chi connectivity index (χ4v) is 2.81. The molecule has 22 heavy (non-hydrogen) atoms. The lowest BCUT2D eigenvalue weighted by molar-refractivity contribution is -0.113. The van der Waals surface area contributed by atoms with Crippen molar-refractivity contribution in [2.45, 2.75) is 19.1 Å². The van der Waals surface area contributed by atoms with Gasteiger partial charge >= 0.3 is 0 Å². The van der Waals surface area contributed by atoms with E-state index in [9.17, 15) is 4.79 Å². The molecule has 1 aromatic carbocycles. The molecule has 0 spiro atoms. The van der Waals surface area contributed by atoms with Crippen LogP contribution < -0.4 is 5.32 Å². The van der Waals surface area contributed by atoms with Crippen molar-refractivity contribution in [2.24, 2.45) is 0 Å². The number of hydrogen-bond acceptors (Lipinski definition) is 5. The molecule has 5 nitrogen and oxygen atoms in total. The van der Waals surface area contributed by atoms with Gasteiger partial charge in [0.2, 0.25) is 5.91 Å². The van der Waals surface area contributed by atoms with Gasteiger partial charge in [-0.15, -0.1) is 0 Å². The van der Waals surface area contributed by atoms with Gasteiger partial charge < -0.3 is 9.73 Å². The van der Waals surface area contributed by atoms with Gasteiger partial charge in [-0.3, -0.25) is 4.79 Å². The number of aromatic nitrogens is 2. The molecule has 0 unspecified atom stereocenters. The van der Waals surface area contributed by atoms with E-state index in [0.717, 1.165) is 16.8 Å². The Hall–Kier alpha value is -2.34. The maximum Gasteiger partial charge on any atom is 0.258 e. The summed E-state index contributed by atoms with van der Waals surface area (Å²) >= 11 is 1.25. The first-order chi connectivity index (χ1) is 10.6. The van der Waals surface area contributed by atoms with Crippen LogP contribution in [0.3, 0.4) is 0 Å². The molecule has 112 valence electrons. The number of fused-ring (bicyclic) bond motifs is 1. The summed E-state index contributed by atoms with van der Waals surface area (Å²) < 4.78 is 5.52. The lowest BCUT2D eigenvalue weighted by Gasteiger charge is -2.06. The molecule has 0 saturated carbocycles. The van der Waals surface area contributed by atoms with Crippen molar-refractivity contribution in [1.29, 1.82) is 0 Å². The summed E-state index contributed by atoms with van der Waals surface area (Å²) in [5.41, 5.74) is 4.22. The second-order valence-corrected chi connectivity index (χ2v) is 5.94. The number of anilines is 1. The minimum absolute atomic E-state index is 0.0924. The summed E-state index contributed by atoms with van der Waals surface area (Å²) in [7, 11) is 0. The van der Waals surface area contributed by atoms with E-state index in [1.165, 1.54) is 11.8 Å². The minimum atomic E-state index is -0.0924. The molecule has 0 aliphatic rings. The Labute approximate surface area is 132 Å². The smallest absolute Gasteiger partial charge is 0.258 e. The number of nitrogens with one attached hydrogen (secondary N) is 1. The fraction of sp³-hybridized carbons (Fsp3) is 0.188. The maximum absolute atomic E-state index is 12.0. The molecule has 1 amide bonds. The van der Waals surface area contributed by atoms with Gasteiger partial charge in [-0.1, -0.05) is 17.8 Å². The first-order valence-electron chi connectivity index (χ1n) is 6.83. The molecule has 0 radical (unpaired) electrons. The number of hydrogen-bond donors (Lipinski definition) is 1. The number of benzene rings is 1. The average molecular weight is 313 g/mol. The molecule has 6 heteroatoms. The van der Waals surface area contributed by atoms with Gasteiger partial charge in [0.05, 0.1) is 5.75 Å². The normalized spacial score (nSPS) is 10.8. The highest BCUT2D eigenvalue weighted by molar-refractivity contribution is 7.99. The first-order valence-corrected chi connectivity index (χ1v) is 7.81. The summed E-state index contributed by atoms with van der Waals surface area (Å²) in [6, 6.07) is 9.54. The number of nitrogens with zero attached hydrogens (tertiary/aromatic N) is 2. The van der Waals surface area contributed by atoms with Crippen molar-refractivity contribution in [3.8, 4) is 0 Å². The van der Waals surface area contributed by atoms with Crippen molar-refractivity contribution >= 4 is 34.6 Å². The zero-order chi connectivity index (χ0) is 15.5. The van der Waals surface area contributed by atoms with Crippen LogP contribution in [0.5, 0.6) is 0 Å². The van der Waals surface area contributed by atoms with Gasteiger partial charge in [-0.2, -0.15) is 4.98 Å². The number of thioether (sulfide) groups is 1.